The van der Waals surface area contributed by atoms with Crippen LogP contribution in [-0.2, 0) is 0 Å². The maximum absolute atomic E-state index is 12.4. The van der Waals surface area contributed by atoms with Gasteiger partial charge in [-0.1, -0.05) is 12.8 Å². The molecule has 0 radical (unpaired) electrons. The van der Waals surface area contributed by atoms with Crippen molar-refractivity contribution in [3.05, 3.63) is 33.2 Å². The van der Waals surface area contributed by atoms with E-state index in [0.717, 1.165) is 31.4 Å². The molecule has 2 aromatic heterocycles. The number of nitrogens with one attached hydrogen (secondary N) is 1. The summed E-state index contributed by atoms with van der Waals surface area (Å²) in [7, 11) is 0. The molecule has 2 heterocycles. The van der Waals surface area contributed by atoms with Crippen molar-refractivity contribution in [3.8, 4) is 0 Å². The van der Waals surface area contributed by atoms with Gasteiger partial charge >= 0.3 is 0 Å². The molecule has 7 heteroatoms. The molecule has 1 aliphatic rings. The van der Waals surface area contributed by atoms with E-state index in [1.165, 1.54) is 21.9 Å². The van der Waals surface area contributed by atoms with Gasteiger partial charge in [-0.15, -0.1) is 11.3 Å². The van der Waals surface area contributed by atoms with Crippen molar-refractivity contribution in [2.24, 2.45) is 5.92 Å². The molecule has 0 aliphatic heterocycles. The summed E-state index contributed by atoms with van der Waals surface area (Å²) in [5, 5.41) is 14.5. The molecule has 2 N–H and O–H groups in total. The Morgan fingerprint density at radius 3 is 3.05 bits per heavy atom. The first-order valence-corrected chi connectivity index (χ1v) is 8.38. The van der Waals surface area contributed by atoms with Gasteiger partial charge in [0, 0.05) is 29.7 Å². The van der Waals surface area contributed by atoms with E-state index >= 15 is 0 Å². The van der Waals surface area contributed by atoms with Crippen LogP contribution in [0.25, 0.3) is 4.96 Å². The van der Waals surface area contributed by atoms with Crippen molar-refractivity contribution in [1.82, 2.24) is 14.7 Å². The second kappa shape index (κ2) is 6.18. The number of amides is 1. The fourth-order valence-electron chi connectivity index (χ4n) is 2.93. The number of aryl methyl sites for hydroxylation is 1. The molecule has 1 aliphatic carbocycles. The van der Waals surface area contributed by atoms with Crippen LogP contribution in [0, 0.1) is 12.8 Å². The maximum Gasteiger partial charge on any atom is 0.271 e. The van der Waals surface area contributed by atoms with E-state index in [2.05, 4.69) is 10.3 Å². The van der Waals surface area contributed by atoms with Gasteiger partial charge in [-0.05, 0) is 19.8 Å². The lowest BCUT2D eigenvalue weighted by Crippen LogP contribution is -2.38. The fourth-order valence-corrected chi connectivity index (χ4v) is 3.75. The number of aliphatic hydroxyl groups is 1. The lowest BCUT2D eigenvalue weighted by Gasteiger charge is -2.27. The highest BCUT2D eigenvalue weighted by molar-refractivity contribution is 7.15. The quantitative estimate of drug-likeness (QED) is 0.894. The summed E-state index contributed by atoms with van der Waals surface area (Å²) in [4.78, 5) is 29.4. The van der Waals surface area contributed by atoms with Crippen LogP contribution in [0.5, 0.6) is 0 Å². The minimum absolute atomic E-state index is 0.0456. The van der Waals surface area contributed by atoms with Gasteiger partial charge in [0.1, 0.15) is 5.56 Å². The first-order chi connectivity index (χ1) is 10.6. The van der Waals surface area contributed by atoms with Gasteiger partial charge in [-0.2, -0.15) is 0 Å². The van der Waals surface area contributed by atoms with Crippen LogP contribution < -0.4 is 10.9 Å². The molecule has 118 valence electrons. The normalized spacial score (nSPS) is 21.9. The molecule has 0 spiro atoms. The number of fused-ring (bicyclic) bond motifs is 1. The van der Waals surface area contributed by atoms with Crippen molar-refractivity contribution in [3.63, 3.8) is 0 Å². The molecule has 2 unspecified atom stereocenters. The second-order valence-corrected chi connectivity index (χ2v) is 6.63. The highest BCUT2D eigenvalue weighted by Crippen LogP contribution is 2.23. The average molecular weight is 321 g/mol. The van der Waals surface area contributed by atoms with Gasteiger partial charge in [-0.3, -0.25) is 14.0 Å². The number of thiazole rings is 1. The Morgan fingerprint density at radius 1 is 1.50 bits per heavy atom. The van der Waals surface area contributed by atoms with Gasteiger partial charge in [0.2, 0.25) is 0 Å². The number of carbonyl (C=O) groups excluding carboxylic acids is 1. The zero-order valence-electron chi connectivity index (χ0n) is 12.4. The Morgan fingerprint density at radius 2 is 2.27 bits per heavy atom. The third-order valence-corrected chi connectivity index (χ3v) is 5.21. The molecule has 1 saturated carbocycles. The van der Waals surface area contributed by atoms with Gasteiger partial charge in [0.25, 0.3) is 11.5 Å². The van der Waals surface area contributed by atoms with Crippen molar-refractivity contribution < 1.29 is 9.90 Å². The highest BCUT2D eigenvalue weighted by atomic mass is 32.1. The number of carbonyl (C=O) groups is 1. The van der Waals surface area contributed by atoms with E-state index in [9.17, 15) is 14.7 Å². The summed E-state index contributed by atoms with van der Waals surface area (Å²) in [5.74, 6) is -0.352. The first-order valence-electron chi connectivity index (χ1n) is 7.50. The Balaban J connectivity index is 1.76. The van der Waals surface area contributed by atoms with Crippen molar-refractivity contribution in [2.75, 3.05) is 6.54 Å². The van der Waals surface area contributed by atoms with Gasteiger partial charge in [0.05, 0.1) is 6.10 Å². The predicted molar refractivity (Wildman–Crippen MR) is 84.4 cm³/mol. The number of hydrogen-bond acceptors (Lipinski definition) is 5. The van der Waals surface area contributed by atoms with Crippen molar-refractivity contribution in [1.29, 1.82) is 0 Å². The van der Waals surface area contributed by atoms with Crippen LogP contribution in [0.2, 0.25) is 0 Å². The summed E-state index contributed by atoms with van der Waals surface area (Å²) >= 11 is 1.37. The summed E-state index contributed by atoms with van der Waals surface area (Å²) in [6.07, 6.45) is 4.76. The Bertz CT molecular complexity index is 752. The maximum atomic E-state index is 12.4. The number of rotatable bonds is 3. The largest absolute Gasteiger partial charge is 0.393 e. The van der Waals surface area contributed by atoms with Crippen LogP contribution in [-0.4, -0.2) is 33.0 Å². The van der Waals surface area contributed by atoms with Crippen LogP contribution in [0.15, 0.2) is 16.4 Å². The summed E-state index contributed by atoms with van der Waals surface area (Å²) < 4.78 is 1.45. The zero-order chi connectivity index (χ0) is 15.7. The summed E-state index contributed by atoms with van der Waals surface area (Å²) in [5.41, 5.74) is 0.476. The number of aromatic nitrogens is 2. The Kier molecular flexibility index (Phi) is 4.26. The van der Waals surface area contributed by atoms with Gasteiger partial charge in [-0.25, -0.2) is 4.98 Å². The fraction of sp³-hybridized carbons (Fsp3) is 0.533. The highest BCUT2D eigenvalue weighted by Gasteiger charge is 2.24. The molecule has 3 rings (SSSR count). The molecular weight excluding hydrogens is 302 g/mol. The average Bonchev–Trinajstić information content (AvgIpc) is 2.89. The Labute approximate surface area is 131 Å². The topological polar surface area (TPSA) is 83.7 Å². The molecule has 2 atom stereocenters. The van der Waals surface area contributed by atoms with Crippen molar-refractivity contribution >= 4 is 22.2 Å². The van der Waals surface area contributed by atoms with Crippen LogP contribution in [0.3, 0.4) is 0 Å². The van der Waals surface area contributed by atoms with Crippen LogP contribution >= 0.6 is 11.3 Å². The summed E-state index contributed by atoms with van der Waals surface area (Å²) in [6, 6.07) is 0. The minimum Gasteiger partial charge on any atom is -0.393 e. The van der Waals surface area contributed by atoms with E-state index in [1.807, 2.05) is 12.3 Å². The molecule has 22 heavy (non-hydrogen) atoms. The van der Waals surface area contributed by atoms with Gasteiger partial charge in [0.15, 0.2) is 4.96 Å². The van der Waals surface area contributed by atoms with E-state index < -0.39 is 5.91 Å². The SMILES string of the molecule is Cc1csc2ncc(C(=O)NCC3CCCCC3O)c(=O)n12. The number of nitrogens with zero attached hydrogens (tertiary/aromatic N) is 2. The van der Waals surface area contributed by atoms with E-state index in [4.69, 9.17) is 0 Å². The van der Waals surface area contributed by atoms with E-state index in [1.54, 1.807) is 0 Å². The number of hydrogen-bond donors (Lipinski definition) is 2. The predicted octanol–water partition coefficient (Wildman–Crippen LogP) is 1.35. The monoisotopic (exact) mass is 321 g/mol. The lowest BCUT2D eigenvalue weighted by atomic mass is 9.86. The smallest absolute Gasteiger partial charge is 0.271 e. The van der Waals surface area contributed by atoms with Gasteiger partial charge < -0.3 is 10.4 Å². The molecule has 1 amide bonds. The molecule has 1 fully saturated rings. The molecule has 2 aromatic rings. The second-order valence-electron chi connectivity index (χ2n) is 5.79. The standard InChI is InChI=1S/C15H19N3O3S/c1-9-8-22-15-17-7-11(14(21)18(9)15)13(20)16-6-10-4-2-3-5-12(10)19/h7-8,10,12,19H,2-6H2,1H3,(H,16,20). The first kappa shape index (κ1) is 15.2. The molecule has 0 aromatic carbocycles. The van der Waals surface area contributed by atoms with Crippen LogP contribution in [0.4, 0.5) is 0 Å². The number of aliphatic hydroxyl groups excluding tert-OH is 1. The molecule has 0 saturated heterocycles. The minimum atomic E-state index is -0.421. The van der Waals surface area contributed by atoms with Crippen LogP contribution in [0.1, 0.15) is 41.7 Å². The third-order valence-electron chi connectivity index (χ3n) is 4.25. The van der Waals surface area contributed by atoms with E-state index in [0.29, 0.717) is 11.5 Å². The lowest BCUT2D eigenvalue weighted by molar-refractivity contribution is 0.0662. The molecule has 0 bridgehead atoms. The third kappa shape index (κ3) is 2.78. The van der Waals surface area contributed by atoms with Crippen molar-refractivity contribution in [2.45, 2.75) is 38.7 Å². The molecular formula is C15H19N3O3S. The summed E-state index contributed by atoms with van der Waals surface area (Å²) in [6.45, 7) is 2.21. The Hall–Kier alpha value is -1.73. The van der Waals surface area contributed by atoms with E-state index in [-0.39, 0.29) is 23.1 Å². The zero-order valence-corrected chi connectivity index (χ0v) is 13.2. The molecule has 6 nitrogen and oxygen atoms in total.